The molecular formula is C17H20Cl3N7O3. The predicted molar refractivity (Wildman–Crippen MR) is 117 cm³/mol. The highest BCUT2D eigenvalue weighted by Crippen LogP contribution is 2.28. The van der Waals surface area contributed by atoms with E-state index in [1.807, 2.05) is 6.92 Å². The molecule has 0 aliphatic carbocycles. The SMILES string of the molecule is COC(C)c1c(NC(=O)Nc2cc(Cl)cnc2OCCN)cnc2cc(Cl)nn12.Cl. The van der Waals surface area contributed by atoms with Gasteiger partial charge in [-0.05, 0) is 13.0 Å². The molecule has 2 amide bonds. The van der Waals surface area contributed by atoms with Gasteiger partial charge < -0.3 is 25.8 Å². The van der Waals surface area contributed by atoms with E-state index in [1.54, 1.807) is 13.2 Å². The number of hydrogen-bond acceptors (Lipinski definition) is 7. The molecule has 3 heterocycles. The van der Waals surface area contributed by atoms with Crippen LogP contribution in [0.25, 0.3) is 5.65 Å². The average Bonchev–Trinajstić information content (AvgIpc) is 3.06. The van der Waals surface area contributed by atoms with Gasteiger partial charge in [0, 0.05) is 25.9 Å². The molecule has 0 spiro atoms. The zero-order valence-corrected chi connectivity index (χ0v) is 18.4. The Morgan fingerprint density at radius 3 is 2.67 bits per heavy atom. The molecule has 30 heavy (non-hydrogen) atoms. The van der Waals surface area contributed by atoms with Crippen molar-refractivity contribution in [3.8, 4) is 5.88 Å². The molecule has 0 aliphatic heterocycles. The Kier molecular flexibility index (Phi) is 8.44. The number of methoxy groups -OCH3 is 1. The van der Waals surface area contributed by atoms with Crippen LogP contribution < -0.4 is 21.1 Å². The maximum Gasteiger partial charge on any atom is 0.323 e. The van der Waals surface area contributed by atoms with Crippen LogP contribution >= 0.6 is 35.6 Å². The van der Waals surface area contributed by atoms with E-state index in [-0.39, 0.29) is 30.0 Å². The third kappa shape index (κ3) is 5.41. The summed E-state index contributed by atoms with van der Waals surface area (Å²) < 4.78 is 12.4. The predicted octanol–water partition coefficient (Wildman–Crippen LogP) is 3.54. The van der Waals surface area contributed by atoms with Gasteiger partial charge in [0.1, 0.15) is 12.3 Å². The number of carbonyl (C=O) groups excluding carboxylic acids is 1. The van der Waals surface area contributed by atoms with Crippen molar-refractivity contribution in [2.75, 3.05) is 30.9 Å². The van der Waals surface area contributed by atoms with E-state index in [1.165, 1.54) is 23.0 Å². The number of aromatic nitrogens is 4. The van der Waals surface area contributed by atoms with Crippen LogP contribution in [0.5, 0.6) is 5.88 Å². The lowest BCUT2D eigenvalue weighted by molar-refractivity contribution is 0.114. The summed E-state index contributed by atoms with van der Waals surface area (Å²) in [7, 11) is 1.55. The van der Waals surface area contributed by atoms with Crippen LogP contribution in [-0.4, -0.2) is 45.9 Å². The van der Waals surface area contributed by atoms with Crippen molar-refractivity contribution in [3.63, 3.8) is 0 Å². The molecular weight excluding hydrogens is 457 g/mol. The van der Waals surface area contributed by atoms with Crippen molar-refractivity contribution in [3.05, 3.63) is 40.4 Å². The van der Waals surface area contributed by atoms with Gasteiger partial charge in [-0.3, -0.25) is 0 Å². The lowest BCUT2D eigenvalue weighted by Crippen LogP contribution is -2.23. The van der Waals surface area contributed by atoms with Crippen LogP contribution in [0.2, 0.25) is 10.2 Å². The highest BCUT2D eigenvalue weighted by molar-refractivity contribution is 6.31. The third-order valence-electron chi connectivity index (χ3n) is 3.90. The van der Waals surface area contributed by atoms with Crippen molar-refractivity contribution in [2.24, 2.45) is 5.73 Å². The van der Waals surface area contributed by atoms with E-state index in [9.17, 15) is 4.79 Å². The van der Waals surface area contributed by atoms with Crippen molar-refractivity contribution in [1.82, 2.24) is 19.6 Å². The summed E-state index contributed by atoms with van der Waals surface area (Å²) in [4.78, 5) is 20.9. The van der Waals surface area contributed by atoms with Crippen LogP contribution in [0, 0.1) is 0 Å². The Labute approximate surface area is 188 Å². The van der Waals surface area contributed by atoms with Gasteiger partial charge in [0.15, 0.2) is 10.8 Å². The van der Waals surface area contributed by atoms with E-state index in [2.05, 4.69) is 25.7 Å². The molecule has 3 aromatic heterocycles. The Hall–Kier alpha value is -2.37. The van der Waals surface area contributed by atoms with E-state index < -0.39 is 12.1 Å². The summed E-state index contributed by atoms with van der Waals surface area (Å²) >= 11 is 12.0. The van der Waals surface area contributed by atoms with E-state index in [0.29, 0.717) is 34.3 Å². The number of nitrogens with two attached hydrogens (primary N) is 1. The van der Waals surface area contributed by atoms with Crippen molar-refractivity contribution in [2.45, 2.75) is 13.0 Å². The summed E-state index contributed by atoms with van der Waals surface area (Å²) in [5.41, 5.74) is 7.23. The number of fused-ring (bicyclic) bond motifs is 1. The average molecular weight is 477 g/mol. The molecule has 13 heteroatoms. The molecule has 0 aliphatic rings. The number of pyridine rings is 1. The normalized spacial score (nSPS) is 11.6. The lowest BCUT2D eigenvalue weighted by Gasteiger charge is -2.17. The number of nitrogens with zero attached hydrogens (tertiary/aromatic N) is 4. The number of anilines is 2. The number of hydrogen-bond donors (Lipinski definition) is 3. The molecule has 162 valence electrons. The van der Waals surface area contributed by atoms with E-state index >= 15 is 0 Å². The molecule has 0 saturated carbocycles. The van der Waals surface area contributed by atoms with Gasteiger partial charge in [-0.2, -0.15) is 5.10 Å². The van der Waals surface area contributed by atoms with Crippen molar-refractivity contribution < 1.29 is 14.3 Å². The van der Waals surface area contributed by atoms with Gasteiger partial charge in [0.2, 0.25) is 5.88 Å². The van der Waals surface area contributed by atoms with Crippen LogP contribution in [0.15, 0.2) is 24.5 Å². The molecule has 4 N–H and O–H groups in total. The molecule has 0 aromatic carbocycles. The fourth-order valence-corrected chi connectivity index (χ4v) is 2.92. The summed E-state index contributed by atoms with van der Waals surface area (Å²) in [6, 6.07) is 2.57. The van der Waals surface area contributed by atoms with Crippen molar-refractivity contribution in [1.29, 1.82) is 0 Å². The Morgan fingerprint density at radius 1 is 1.23 bits per heavy atom. The third-order valence-corrected chi connectivity index (χ3v) is 4.29. The zero-order chi connectivity index (χ0) is 21.0. The number of carbonyl (C=O) groups is 1. The minimum absolute atomic E-state index is 0. The first-order valence-corrected chi connectivity index (χ1v) is 9.32. The van der Waals surface area contributed by atoms with Gasteiger partial charge >= 0.3 is 6.03 Å². The lowest BCUT2D eigenvalue weighted by atomic mass is 10.2. The largest absolute Gasteiger partial charge is 0.475 e. The molecule has 0 radical (unpaired) electrons. The van der Waals surface area contributed by atoms with Crippen LogP contribution in [0.1, 0.15) is 18.7 Å². The molecule has 1 atom stereocenters. The second kappa shape index (κ2) is 10.6. The first-order chi connectivity index (χ1) is 13.9. The number of amides is 2. The molecule has 0 bridgehead atoms. The summed E-state index contributed by atoms with van der Waals surface area (Å²) in [5.74, 6) is 0.202. The Balaban J connectivity index is 0.00000320. The van der Waals surface area contributed by atoms with Gasteiger partial charge in [-0.15, -0.1) is 12.4 Å². The second-order valence-corrected chi connectivity index (χ2v) is 6.72. The van der Waals surface area contributed by atoms with Crippen LogP contribution in [0.3, 0.4) is 0 Å². The van der Waals surface area contributed by atoms with Crippen LogP contribution in [-0.2, 0) is 4.74 Å². The smallest absolute Gasteiger partial charge is 0.323 e. The summed E-state index contributed by atoms with van der Waals surface area (Å²) in [5, 5.41) is 10.2. The number of rotatable bonds is 7. The number of nitrogens with one attached hydrogen (secondary N) is 2. The standard InChI is InChI=1S/C17H19Cl2N7O3.ClH/c1-9(28-2)15-12(8-21-14-6-13(19)25-26(14)15)24-17(27)23-11-5-10(18)7-22-16(11)29-4-3-20;/h5-9H,3-4,20H2,1-2H3,(H2,23,24,27);1H. The summed E-state index contributed by atoms with van der Waals surface area (Å²) in [6.45, 7) is 2.35. The maximum atomic E-state index is 12.6. The molecule has 3 rings (SSSR count). The molecule has 1 unspecified atom stereocenters. The molecule has 3 aromatic rings. The highest BCUT2D eigenvalue weighted by atomic mass is 35.5. The maximum absolute atomic E-state index is 12.6. The highest BCUT2D eigenvalue weighted by Gasteiger charge is 2.19. The minimum atomic E-state index is -0.560. The first kappa shape index (κ1) is 23.9. The fraction of sp³-hybridized carbons (Fsp3) is 0.294. The molecule has 0 saturated heterocycles. The van der Waals surface area contributed by atoms with Crippen LogP contribution in [0.4, 0.5) is 16.2 Å². The Morgan fingerprint density at radius 2 is 1.97 bits per heavy atom. The van der Waals surface area contributed by atoms with E-state index in [0.717, 1.165) is 0 Å². The van der Waals surface area contributed by atoms with Gasteiger partial charge in [0.25, 0.3) is 0 Å². The summed E-state index contributed by atoms with van der Waals surface area (Å²) in [6.07, 6.45) is 2.51. The van der Waals surface area contributed by atoms with Gasteiger partial charge in [-0.25, -0.2) is 19.3 Å². The second-order valence-electron chi connectivity index (χ2n) is 5.89. The molecule has 10 nitrogen and oxygen atoms in total. The van der Waals surface area contributed by atoms with E-state index in [4.69, 9.17) is 38.4 Å². The van der Waals surface area contributed by atoms with Gasteiger partial charge in [-0.1, -0.05) is 23.2 Å². The van der Waals surface area contributed by atoms with Crippen molar-refractivity contribution >= 4 is 58.7 Å². The number of ether oxygens (including phenoxy) is 2. The number of halogens is 3. The molecule has 0 fully saturated rings. The first-order valence-electron chi connectivity index (χ1n) is 8.56. The van der Waals surface area contributed by atoms with Gasteiger partial charge in [0.05, 0.1) is 28.7 Å². The minimum Gasteiger partial charge on any atom is -0.475 e. The Bertz CT molecular complexity index is 1030. The quantitative estimate of drug-likeness (QED) is 0.475. The number of urea groups is 1. The monoisotopic (exact) mass is 475 g/mol. The fourth-order valence-electron chi connectivity index (χ4n) is 2.59. The zero-order valence-electron chi connectivity index (χ0n) is 16.1. The topological polar surface area (TPSA) is 129 Å².